The standard InChI is InChI=1S/C18H26N2O3/c1-18(2,3)23-17(22)19-11-15-5-4-10-20(12-15)16-8-6-14(13-21)7-9-16/h6-9,13,15H,4-5,10-12H2,1-3H3,(H,19,22). The Hall–Kier alpha value is -2.04. The lowest BCUT2D eigenvalue weighted by Gasteiger charge is -2.34. The Balaban J connectivity index is 1.85. The van der Waals surface area contributed by atoms with Crippen molar-refractivity contribution in [2.75, 3.05) is 24.5 Å². The number of piperidine rings is 1. The van der Waals surface area contributed by atoms with Gasteiger partial charge in [0.05, 0.1) is 0 Å². The van der Waals surface area contributed by atoms with Gasteiger partial charge >= 0.3 is 6.09 Å². The predicted molar refractivity (Wildman–Crippen MR) is 91.0 cm³/mol. The molecule has 0 radical (unpaired) electrons. The Morgan fingerprint density at radius 3 is 2.65 bits per heavy atom. The van der Waals surface area contributed by atoms with Gasteiger partial charge in [-0.2, -0.15) is 0 Å². The topological polar surface area (TPSA) is 58.6 Å². The third-order valence-electron chi connectivity index (χ3n) is 3.85. The highest BCUT2D eigenvalue weighted by Gasteiger charge is 2.22. The third kappa shape index (κ3) is 5.58. The number of ether oxygens (including phenoxy) is 1. The zero-order valence-corrected chi connectivity index (χ0v) is 14.2. The van der Waals surface area contributed by atoms with Crippen molar-refractivity contribution in [3.63, 3.8) is 0 Å². The number of rotatable bonds is 4. The van der Waals surface area contributed by atoms with E-state index in [-0.39, 0.29) is 6.09 Å². The molecular formula is C18H26N2O3. The monoisotopic (exact) mass is 318 g/mol. The highest BCUT2D eigenvalue weighted by Crippen LogP contribution is 2.23. The number of hydrogen-bond donors (Lipinski definition) is 1. The van der Waals surface area contributed by atoms with E-state index in [1.165, 1.54) is 0 Å². The van der Waals surface area contributed by atoms with Gasteiger partial charge in [0.15, 0.2) is 0 Å². The first-order valence-electron chi connectivity index (χ1n) is 8.14. The average molecular weight is 318 g/mol. The molecule has 0 bridgehead atoms. The summed E-state index contributed by atoms with van der Waals surface area (Å²) in [5.41, 5.74) is 1.34. The molecule has 1 saturated heterocycles. The second-order valence-corrected chi connectivity index (χ2v) is 7.05. The highest BCUT2D eigenvalue weighted by molar-refractivity contribution is 5.75. The summed E-state index contributed by atoms with van der Waals surface area (Å²) >= 11 is 0. The molecule has 0 spiro atoms. The Bertz CT molecular complexity index is 534. The Labute approximate surface area is 138 Å². The van der Waals surface area contributed by atoms with Crippen LogP contribution in [0.1, 0.15) is 44.0 Å². The normalized spacial score (nSPS) is 18.4. The van der Waals surface area contributed by atoms with Crippen LogP contribution in [-0.2, 0) is 4.74 Å². The lowest BCUT2D eigenvalue weighted by atomic mass is 9.97. The van der Waals surface area contributed by atoms with E-state index >= 15 is 0 Å². The predicted octanol–water partition coefficient (Wildman–Crippen LogP) is 3.24. The molecule has 1 aliphatic rings. The quantitative estimate of drug-likeness (QED) is 0.866. The number of benzene rings is 1. The maximum absolute atomic E-state index is 11.7. The van der Waals surface area contributed by atoms with E-state index in [9.17, 15) is 9.59 Å². The van der Waals surface area contributed by atoms with Crippen LogP contribution in [-0.4, -0.2) is 37.6 Å². The molecule has 0 aromatic heterocycles. The van der Waals surface area contributed by atoms with E-state index in [1.54, 1.807) is 0 Å². The van der Waals surface area contributed by atoms with E-state index < -0.39 is 5.60 Å². The molecule has 1 unspecified atom stereocenters. The van der Waals surface area contributed by atoms with E-state index in [1.807, 2.05) is 45.0 Å². The van der Waals surface area contributed by atoms with Gasteiger partial charge in [-0.15, -0.1) is 0 Å². The van der Waals surface area contributed by atoms with Crippen molar-refractivity contribution in [2.24, 2.45) is 5.92 Å². The molecule has 0 aliphatic carbocycles. The molecule has 1 aliphatic heterocycles. The molecule has 1 heterocycles. The minimum absolute atomic E-state index is 0.357. The first-order chi connectivity index (χ1) is 10.9. The van der Waals surface area contributed by atoms with E-state index in [0.29, 0.717) is 18.0 Å². The molecule has 1 aromatic rings. The summed E-state index contributed by atoms with van der Waals surface area (Å²) < 4.78 is 5.27. The molecule has 2 rings (SSSR count). The molecule has 5 heteroatoms. The molecule has 1 aromatic carbocycles. The molecule has 1 amide bonds. The number of alkyl carbamates (subject to hydrolysis) is 1. The third-order valence-corrected chi connectivity index (χ3v) is 3.85. The van der Waals surface area contributed by atoms with Crippen LogP contribution in [0.5, 0.6) is 0 Å². The number of carbonyl (C=O) groups is 2. The Kier molecular flexibility index (Phi) is 5.64. The van der Waals surface area contributed by atoms with Gasteiger partial charge in [-0.1, -0.05) is 0 Å². The summed E-state index contributed by atoms with van der Waals surface area (Å²) in [6.45, 7) is 8.10. The average Bonchev–Trinajstić information content (AvgIpc) is 2.52. The summed E-state index contributed by atoms with van der Waals surface area (Å²) in [6, 6.07) is 7.64. The van der Waals surface area contributed by atoms with Crippen LogP contribution < -0.4 is 10.2 Å². The molecular weight excluding hydrogens is 292 g/mol. The van der Waals surface area contributed by atoms with Gasteiger partial charge in [0.25, 0.3) is 0 Å². The maximum atomic E-state index is 11.7. The number of nitrogens with one attached hydrogen (secondary N) is 1. The molecule has 5 nitrogen and oxygen atoms in total. The van der Waals surface area contributed by atoms with Crippen molar-refractivity contribution in [1.82, 2.24) is 5.32 Å². The first-order valence-corrected chi connectivity index (χ1v) is 8.14. The summed E-state index contributed by atoms with van der Waals surface area (Å²) in [5, 5.41) is 2.87. The molecule has 1 N–H and O–H groups in total. The van der Waals surface area contributed by atoms with Crippen molar-refractivity contribution in [3.05, 3.63) is 29.8 Å². The van der Waals surface area contributed by atoms with Gasteiger partial charge in [-0.3, -0.25) is 4.79 Å². The second kappa shape index (κ2) is 7.49. The Morgan fingerprint density at radius 2 is 2.04 bits per heavy atom. The number of hydrogen-bond acceptors (Lipinski definition) is 4. The van der Waals surface area contributed by atoms with Crippen LogP contribution in [0.15, 0.2) is 24.3 Å². The molecule has 0 saturated carbocycles. The minimum Gasteiger partial charge on any atom is -0.444 e. The van der Waals surface area contributed by atoms with E-state index in [2.05, 4.69) is 10.2 Å². The van der Waals surface area contributed by atoms with Gasteiger partial charge in [0.2, 0.25) is 0 Å². The molecule has 23 heavy (non-hydrogen) atoms. The fourth-order valence-electron chi connectivity index (χ4n) is 2.77. The smallest absolute Gasteiger partial charge is 0.407 e. The maximum Gasteiger partial charge on any atom is 0.407 e. The SMILES string of the molecule is CC(C)(C)OC(=O)NCC1CCCN(c2ccc(C=O)cc2)C1. The lowest BCUT2D eigenvalue weighted by Crippen LogP contribution is -2.42. The Morgan fingerprint density at radius 1 is 1.35 bits per heavy atom. The number of amides is 1. The zero-order chi connectivity index (χ0) is 16.9. The van der Waals surface area contributed by atoms with Gasteiger partial charge in [-0.25, -0.2) is 4.79 Å². The fourth-order valence-corrected chi connectivity index (χ4v) is 2.77. The lowest BCUT2D eigenvalue weighted by molar-refractivity contribution is 0.0517. The number of anilines is 1. The molecule has 126 valence electrons. The van der Waals surface area contributed by atoms with Crippen LogP contribution in [0.25, 0.3) is 0 Å². The highest BCUT2D eigenvalue weighted by atomic mass is 16.6. The van der Waals surface area contributed by atoms with Crippen LogP contribution in [0.4, 0.5) is 10.5 Å². The number of nitrogens with zero attached hydrogens (tertiary/aromatic N) is 1. The van der Waals surface area contributed by atoms with E-state index in [0.717, 1.165) is 37.9 Å². The largest absolute Gasteiger partial charge is 0.444 e. The fraction of sp³-hybridized carbons (Fsp3) is 0.556. The number of carbonyl (C=O) groups excluding carboxylic acids is 2. The van der Waals surface area contributed by atoms with Crippen molar-refractivity contribution in [1.29, 1.82) is 0 Å². The van der Waals surface area contributed by atoms with Crippen molar-refractivity contribution in [2.45, 2.75) is 39.2 Å². The summed E-state index contributed by atoms with van der Waals surface area (Å²) in [5.74, 6) is 0.405. The molecule has 1 fully saturated rings. The van der Waals surface area contributed by atoms with Gasteiger partial charge in [0, 0.05) is 30.9 Å². The van der Waals surface area contributed by atoms with Crippen LogP contribution in [0.3, 0.4) is 0 Å². The van der Waals surface area contributed by atoms with Gasteiger partial charge in [0.1, 0.15) is 11.9 Å². The second-order valence-electron chi connectivity index (χ2n) is 7.05. The molecule has 1 atom stereocenters. The summed E-state index contributed by atoms with van der Waals surface area (Å²) in [4.78, 5) is 24.8. The van der Waals surface area contributed by atoms with Crippen molar-refractivity contribution >= 4 is 18.1 Å². The summed E-state index contributed by atoms with van der Waals surface area (Å²) in [6.07, 6.45) is 2.69. The summed E-state index contributed by atoms with van der Waals surface area (Å²) in [7, 11) is 0. The van der Waals surface area contributed by atoms with Crippen molar-refractivity contribution < 1.29 is 14.3 Å². The minimum atomic E-state index is -0.469. The zero-order valence-electron chi connectivity index (χ0n) is 14.2. The van der Waals surface area contributed by atoms with Gasteiger partial charge < -0.3 is 15.0 Å². The van der Waals surface area contributed by atoms with Crippen LogP contribution >= 0.6 is 0 Å². The van der Waals surface area contributed by atoms with E-state index in [4.69, 9.17) is 4.74 Å². The first kappa shape index (κ1) is 17.3. The van der Waals surface area contributed by atoms with Crippen molar-refractivity contribution in [3.8, 4) is 0 Å². The van der Waals surface area contributed by atoms with Crippen LogP contribution in [0.2, 0.25) is 0 Å². The van der Waals surface area contributed by atoms with Crippen LogP contribution in [0, 0.1) is 5.92 Å². The van der Waals surface area contributed by atoms with Gasteiger partial charge in [-0.05, 0) is 63.8 Å². The number of aldehydes is 1.